The molecule has 2 aromatic carbocycles. The van der Waals surface area contributed by atoms with Crippen LogP contribution in [-0.2, 0) is 9.53 Å². The smallest absolute Gasteiger partial charge is 0.257 e. The number of benzene rings is 2. The quantitative estimate of drug-likeness (QED) is 0.694. The molecule has 1 saturated heterocycles. The fourth-order valence-electron chi connectivity index (χ4n) is 4.40. The number of morpholine rings is 1. The van der Waals surface area contributed by atoms with Gasteiger partial charge in [-0.05, 0) is 37.1 Å². The second-order valence-corrected chi connectivity index (χ2v) is 8.32. The van der Waals surface area contributed by atoms with E-state index in [1.54, 1.807) is 19.2 Å². The van der Waals surface area contributed by atoms with Crippen molar-refractivity contribution in [1.82, 2.24) is 9.91 Å². The van der Waals surface area contributed by atoms with E-state index in [1.165, 1.54) is 5.56 Å². The first-order chi connectivity index (χ1) is 15.5. The zero-order valence-corrected chi connectivity index (χ0v) is 19.3. The molecule has 2 aromatic rings. The largest absolute Gasteiger partial charge is 0.497 e. The van der Waals surface area contributed by atoms with Crippen molar-refractivity contribution in [2.45, 2.75) is 26.3 Å². The first kappa shape index (κ1) is 22.3. The number of aryl methyl sites for hydroxylation is 2. The fraction of sp³-hybridized carbons (Fsp3) is 0.440. The molecule has 2 heterocycles. The molecule has 0 N–H and O–H groups in total. The number of nitrogens with zero attached hydrogens (tertiary/aromatic N) is 3. The van der Waals surface area contributed by atoms with Gasteiger partial charge in [0, 0.05) is 31.1 Å². The molecule has 1 atom stereocenters. The molecule has 0 spiro atoms. The van der Waals surface area contributed by atoms with Crippen molar-refractivity contribution in [1.29, 1.82) is 0 Å². The topological polar surface area (TPSA) is 63.6 Å². The molecule has 1 fully saturated rings. The van der Waals surface area contributed by atoms with Gasteiger partial charge in [0.05, 0.1) is 45.7 Å². The number of hydrogen-bond acceptors (Lipinski definition) is 6. The van der Waals surface area contributed by atoms with Crippen LogP contribution in [0.4, 0.5) is 0 Å². The third kappa shape index (κ3) is 4.64. The average Bonchev–Trinajstić information content (AvgIpc) is 3.24. The Labute approximate surface area is 189 Å². The normalized spacial score (nSPS) is 19.1. The summed E-state index contributed by atoms with van der Waals surface area (Å²) in [5.74, 6) is 1.40. The summed E-state index contributed by atoms with van der Waals surface area (Å²) in [4.78, 5) is 15.5. The van der Waals surface area contributed by atoms with Gasteiger partial charge in [-0.2, -0.15) is 5.10 Å². The molecule has 2 aliphatic rings. The van der Waals surface area contributed by atoms with E-state index in [0.29, 0.717) is 31.9 Å². The van der Waals surface area contributed by atoms with E-state index in [0.717, 1.165) is 41.2 Å². The molecule has 7 heteroatoms. The zero-order chi connectivity index (χ0) is 22.7. The van der Waals surface area contributed by atoms with Crippen LogP contribution in [0.5, 0.6) is 11.5 Å². The van der Waals surface area contributed by atoms with Crippen LogP contribution in [0.3, 0.4) is 0 Å². The van der Waals surface area contributed by atoms with Crippen LogP contribution in [-0.4, -0.2) is 68.6 Å². The van der Waals surface area contributed by atoms with Gasteiger partial charge < -0.3 is 14.2 Å². The average molecular weight is 438 g/mol. The minimum atomic E-state index is -0.147. The van der Waals surface area contributed by atoms with Crippen molar-refractivity contribution in [3.05, 3.63) is 58.7 Å². The molecule has 0 aliphatic carbocycles. The molecule has 0 unspecified atom stereocenters. The van der Waals surface area contributed by atoms with Crippen molar-refractivity contribution >= 4 is 11.6 Å². The highest BCUT2D eigenvalue weighted by molar-refractivity contribution is 6.05. The third-order valence-corrected chi connectivity index (χ3v) is 6.13. The molecular weight excluding hydrogens is 406 g/mol. The number of carbonyl (C=O) groups is 1. The number of amides is 1. The minimum absolute atomic E-state index is 0.000599. The molecule has 4 rings (SSSR count). The van der Waals surface area contributed by atoms with E-state index in [9.17, 15) is 4.79 Å². The van der Waals surface area contributed by atoms with Gasteiger partial charge >= 0.3 is 0 Å². The van der Waals surface area contributed by atoms with E-state index in [4.69, 9.17) is 19.3 Å². The number of rotatable bonds is 6. The molecule has 2 aliphatic heterocycles. The fourth-order valence-corrected chi connectivity index (χ4v) is 4.40. The van der Waals surface area contributed by atoms with Gasteiger partial charge in [0.1, 0.15) is 11.5 Å². The molecule has 7 nitrogen and oxygen atoms in total. The van der Waals surface area contributed by atoms with Crippen LogP contribution < -0.4 is 9.47 Å². The van der Waals surface area contributed by atoms with Crippen LogP contribution >= 0.6 is 0 Å². The Morgan fingerprint density at radius 2 is 1.88 bits per heavy atom. The molecule has 1 amide bonds. The molecular formula is C25H31N3O4. The Kier molecular flexibility index (Phi) is 6.77. The van der Waals surface area contributed by atoms with E-state index in [-0.39, 0.29) is 11.9 Å². The van der Waals surface area contributed by atoms with Crippen molar-refractivity contribution in [2.24, 2.45) is 5.10 Å². The van der Waals surface area contributed by atoms with Crippen molar-refractivity contribution < 1.29 is 19.0 Å². The SMILES string of the molecule is COc1ccc(C2=NN(C(=O)CN3CCOCC3)[C@@H](c3ccc(C)cc3C)C2)c(OC)c1. The van der Waals surface area contributed by atoms with Crippen LogP contribution in [0.15, 0.2) is 41.5 Å². The number of hydrazone groups is 1. The first-order valence-corrected chi connectivity index (χ1v) is 11.0. The summed E-state index contributed by atoms with van der Waals surface area (Å²) in [6.07, 6.45) is 0.626. The molecule has 0 radical (unpaired) electrons. The Hall–Kier alpha value is -2.90. The first-order valence-electron chi connectivity index (χ1n) is 11.0. The Balaban J connectivity index is 1.68. The minimum Gasteiger partial charge on any atom is -0.497 e. The van der Waals surface area contributed by atoms with E-state index < -0.39 is 0 Å². The summed E-state index contributed by atoms with van der Waals surface area (Å²) >= 11 is 0. The number of carbonyl (C=O) groups excluding carboxylic acids is 1. The summed E-state index contributed by atoms with van der Waals surface area (Å²) < 4.78 is 16.4. The molecule has 0 saturated carbocycles. The summed E-state index contributed by atoms with van der Waals surface area (Å²) in [6, 6.07) is 11.9. The molecule has 170 valence electrons. The lowest BCUT2D eigenvalue weighted by Gasteiger charge is -2.29. The van der Waals surface area contributed by atoms with Gasteiger partial charge in [-0.1, -0.05) is 23.8 Å². The second-order valence-electron chi connectivity index (χ2n) is 8.32. The van der Waals surface area contributed by atoms with Gasteiger partial charge in [-0.3, -0.25) is 9.69 Å². The van der Waals surface area contributed by atoms with Gasteiger partial charge in [-0.25, -0.2) is 5.01 Å². The van der Waals surface area contributed by atoms with E-state index in [2.05, 4.69) is 36.9 Å². The predicted molar refractivity (Wildman–Crippen MR) is 123 cm³/mol. The Morgan fingerprint density at radius 3 is 2.56 bits per heavy atom. The van der Waals surface area contributed by atoms with Crippen molar-refractivity contribution in [3.63, 3.8) is 0 Å². The number of ether oxygens (including phenoxy) is 3. The molecule has 0 bridgehead atoms. The maximum Gasteiger partial charge on any atom is 0.257 e. The van der Waals surface area contributed by atoms with E-state index >= 15 is 0 Å². The highest BCUT2D eigenvalue weighted by Gasteiger charge is 2.35. The highest BCUT2D eigenvalue weighted by Crippen LogP contribution is 2.37. The van der Waals surface area contributed by atoms with Crippen LogP contribution in [0.2, 0.25) is 0 Å². The maximum atomic E-state index is 13.4. The van der Waals surface area contributed by atoms with Crippen LogP contribution in [0, 0.1) is 13.8 Å². The summed E-state index contributed by atoms with van der Waals surface area (Å²) in [6.45, 7) is 7.35. The Morgan fingerprint density at radius 1 is 1.09 bits per heavy atom. The zero-order valence-electron chi connectivity index (χ0n) is 19.3. The number of methoxy groups -OCH3 is 2. The maximum absolute atomic E-state index is 13.4. The summed E-state index contributed by atoms with van der Waals surface area (Å²) in [7, 11) is 3.26. The lowest BCUT2D eigenvalue weighted by Crippen LogP contribution is -2.43. The molecule has 0 aromatic heterocycles. The summed E-state index contributed by atoms with van der Waals surface area (Å²) in [5.41, 5.74) is 5.21. The van der Waals surface area contributed by atoms with Crippen molar-refractivity contribution in [3.8, 4) is 11.5 Å². The van der Waals surface area contributed by atoms with Gasteiger partial charge in [0.15, 0.2) is 0 Å². The predicted octanol–water partition coefficient (Wildman–Crippen LogP) is 3.33. The Bertz CT molecular complexity index is 1010. The van der Waals surface area contributed by atoms with Gasteiger partial charge in [-0.15, -0.1) is 0 Å². The van der Waals surface area contributed by atoms with Crippen LogP contribution in [0.25, 0.3) is 0 Å². The van der Waals surface area contributed by atoms with Gasteiger partial charge in [0.25, 0.3) is 5.91 Å². The standard InChI is InChI=1S/C25H31N3O4/c1-17-5-7-20(18(2)13-17)23-15-22(21-8-6-19(30-3)14-24(21)31-4)26-28(23)25(29)16-27-9-11-32-12-10-27/h5-8,13-14,23H,9-12,15-16H2,1-4H3/t23-/m1/s1. The van der Waals surface area contributed by atoms with E-state index in [1.807, 2.05) is 18.2 Å². The second kappa shape index (κ2) is 9.71. The van der Waals surface area contributed by atoms with Crippen LogP contribution in [0.1, 0.15) is 34.7 Å². The third-order valence-electron chi connectivity index (χ3n) is 6.13. The van der Waals surface area contributed by atoms with Gasteiger partial charge in [0.2, 0.25) is 0 Å². The summed E-state index contributed by atoms with van der Waals surface area (Å²) in [5, 5.41) is 6.50. The lowest BCUT2D eigenvalue weighted by molar-refractivity contribution is -0.135. The monoisotopic (exact) mass is 437 g/mol. The number of hydrogen-bond donors (Lipinski definition) is 0. The lowest BCUT2D eigenvalue weighted by atomic mass is 9.94. The highest BCUT2D eigenvalue weighted by atomic mass is 16.5. The van der Waals surface area contributed by atoms with Crippen molar-refractivity contribution in [2.75, 3.05) is 47.1 Å². The molecule has 32 heavy (non-hydrogen) atoms.